The molecule has 1 heterocycles. The first-order valence-corrected chi connectivity index (χ1v) is 6.63. The SMILES string of the molecule is COC1(CS(=O)(=O)Cl)CCCNC1. The van der Waals surface area contributed by atoms with Crippen LogP contribution in [0, 0.1) is 0 Å². The van der Waals surface area contributed by atoms with Gasteiger partial charge in [0.05, 0.1) is 11.4 Å². The zero-order valence-electron chi connectivity index (χ0n) is 7.55. The van der Waals surface area contributed by atoms with E-state index in [2.05, 4.69) is 5.32 Å². The Kier molecular flexibility index (Phi) is 3.57. The quantitative estimate of drug-likeness (QED) is 0.706. The van der Waals surface area contributed by atoms with Crippen LogP contribution in [0.4, 0.5) is 0 Å². The van der Waals surface area contributed by atoms with E-state index in [-0.39, 0.29) is 5.75 Å². The molecule has 0 saturated carbocycles. The summed E-state index contributed by atoms with van der Waals surface area (Å²) >= 11 is 0. The molecule has 0 spiro atoms. The molecule has 0 radical (unpaired) electrons. The van der Waals surface area contributed by atoms with Crippen molar-refractivity contribution < 1.29 is 13.2 Å². The largest absolute Gasteiger partial charge is 0.376 e. The average molecular weight is 228 g/mol. The Bertz CT molecular complexity index is 259. The van der Waals surface area contributed by atoms with E-state index in [1.807, 2.05) is 0 Å². The van der Waals surface area contributed by atoms with Crippen LogP contribution in [0.25, 0.3) is 0 Å². The molecule has 1 N–H and O–H groups in total. The van der Waals surface area contributed by atoms with Gasteiger partial charge in [-0.1, -0.05) is 0 Å². The fourth-order valence-corrected chi connectivity index (χ4v) is 3.20. The highest BCUT2D eigenvalue weighted by atomic mass is 35.7. The minimum absolute atomic E-state index is 0.120. The molecule has 4 nitrogen and oxygen atoms in total. The summed E-state index contributed by atoms with van der Waals surface area (Å²) in [5.74, 6) is -0.120. The van der Waals surface area contributed by atoms with Crippen LogP contribution in [0.1, 0.15) is 12.8 Å². The smallest absolute Gasteiger partial charge is 0.235 e. The van der Waals surface area contributed by atoms with Gasteiger partial charge in [-0.15, -0.1) is 0 Å². The van der Waals surface area contributed by atoms with E-state index in [0.717, 1.165) is 19.4 Å². The number of halogens is 1. The highest BCUT2D eigenvalue weighted by Crippen LogP contribution is 2.23. The van der Waals surface area contributed by atoms with Gasteiger partial charge in [-0.25, -0.2) is 8.42 Å². The first-order chi connectivity index (χ1) is 5.97. The second-order valence-electron chi connectivity index (χ2n) is 3.35. The van der Waals surface area contributed by atoms with Gasteiger partial charge < -0.3 is 10.1 Å². The summed E-state index contributed by atoms with van der Waals surface area (Å²) in [5.41, 5.74) is -0.626. The number of piperidine rings is 1. The Morgan fingerprint density at radius 3 is 2.69 bits per heavy atom. The van der Waals surface area contributed by atoms with Crippen molar-refractivity contribution in [3.8, 4) is 0 Å². The van der Waals surface area contributed by atoms with Crippen LogP contribution in [-0.4, -0.2) is 40.0 Å². The molecular weight excluding hydrogens is 214 g/mol. The highest BCUT2D eigenvalue weighted by Gasteiger charge is 2.36. The molecule has 1 aliphatic heterocycles. The van der Waals surface area contributed by atoms with Gasteiger partial charge in [-0.05, 0) is 19.4 Å². The molecule has 1 atom stereocenters. The lowest BCUT2D eigenvalue weighted by Gasteiger charge is -2.35. The maximum atomic E-state index is 10.9. The van der Waals surface area contributed by atoms with Crippen molar-refractivity contribution in [3.05, 3.63) is 0 Å². The van der Waals surface area contributed by atoms with Gasteiger partial charge in [0, 0.05) is 24.3 Å². The Morgan fingerprint density at radius 1 is 1.62 bits per heavy atom. The minimum Gasteiger partial charge on any atom is -0.376 e. The Labute approximate surface area is 83.0 Å². The van der Waals surface area contributed by atoms with Crippen molar-refractivity contribution in [2.45, 2.75) is 18.4 Å². The summed E-state index contributed by atoms with van der Waals surface area (Å²) in [7, 11) is 3.24. The van der Waals surface area contributed by atoms with Crippen LogP contribution in [0.2, 0.25) is 0 Å². The second-order valence-corrected chi connectivity index (χ2v) is 6.13. The third-order valence-corrected chi connectivity index (χ3v) is 3.50. The normalized spacial score (nSPS) is 30.3. The predicted octanol–water partition coefficient (Wildman–Crippen LogP) is 0.324. The molecule has 78 valence electrons. The molecule has 0 bridgehead atoms. The summed E-state index contributed by atoms with van der Waals surface area (Å²) in [6, 6.07) is 0. The lowest BCUT2D eigenvalue weighted by Crippen LogP contribution is -2.50. The Balaban J connectivity index is 2.68. The van der Waals surface area contributed by atoms with Gasteiger partial charge in [-0.3, -0.25) is 0 Å². The summed E-state index contributed by atoms with van der Waals surface area (Å²) in [6.07, 6.45) is 1.66. The minimum atomic E-state index is -3.49. The standard InChI is InChI=1S/C7H14ClNO3S/c1-12-7(6-13(8,10)11)3-2-4-9-5-7/h9H,2-6H2,1H3. The molecule has 0 amide bonds. The number of hydrogen-bond donors (Lipinski definition) is 1. The molecule has 0 aromatic heterocycles. The van der Waals surface area contributed by atoms with E-state index < -0.39 is 14.7 Å². The lowest BCUT2D eigenvalue weighted by atomic mass is 9.96. The van der Waals surface area contributed by atoms with Gasteiger partial charge in [0.2, 0.25) is 9.05 Å². The molecular formula is C7H14ClNO3S. The van der Waals surface area contributed by atoms with Crippen LogP contribution in [0.3, 0.4) is 0 Å². The predicted molar refractivity (Wildman–Crippen MR) is 51.5 cm³/mol. The number of methoxy groups -OCH3 is 1. The third kappa shape index (κ3) is 3.42. The summed E-state index contributed by atoms with van der Waals surface area (Å²) in [6.45, 7) is 1.46. The van der Waals surface area contributed by atoms with Gasteiger partial charge in [0.15, 0.2) is 0 Å². The van der Waals surface area contributed by atoms with E-state index in [0.29, 0.717) is 6.54 Å². The number of nitrogens with one attached hydrogen (secondary N) is 1. The van der Waals surface area contributed by atoms with Gasteiger partial charge >= 0.3 is 0 Å². The van der Waals surface area contributed by atoms with E-state index in [1.165, 1.54) is 7.11 Å². The van der Waals surface area contributed by atoms with E-state index in [9.17, 15) is 8.42 Å². The van der Waals surface area contributed by atoms with E-state index in [1.54, 1.807) is 0 Å². The highest BCUT2D eigenvalue weighted by molar-refractivity contribution is 8.13. The van der Waals surface area contributed by atoms with Gasteiger partial charge in [0.1, 0.15) is 0 Å². The van der Waals surface area contributed by atoms with Crippen LogP contribution in [-0.2, 0) is 13.8 Å². The first kappa shape index (κ1) is 11.2. The Hall–Kier alpha value is 0.160. The molecule has 13 heavy (non-hydrogen) atoms. The third-order valence-electron chi connectivity index (χ3n) is 2.30. The van der Waals surface area contributed by atoms with E-state index in [4.69, 9.17) is 15.4 Å². The fourth-order valence-electron chi connectivity index (χ4n) is 1.61. The zero-order chi connectivity index (χ0) is 9.95. The van der Waals surface area contributed by atoms with Crippen molar-refractivity contribution in [2.75, 3.05) is 26.0 Å². The molecule has 0 aliphatic carbocycles. The van der Waals surface area contributed by atoms with Crippen molar-refractivity contribution in [3.63, 3.8) is 0 Å². The van der Waals surface area contributed by atoms with Crippen LogP contribution in [0.15, 0.2) is 0 Å². The molecule has 1 rings (SSSR count). The molecule has 1 fully saturated rings. The molecule has 1 unspecified atom stereocenters. The first-order valence-electron chi connectivity index (χ1n) is 4.16. The lowest BCUT2D eigenvalue weighted by molar-refractivity contribution is -0.00914. The van der Waals surface area contributed by atoms with E-state index >= 15 is 0 Å². The molecule has 1 aliphatic rings. The topological polar surface area (TPSA) is 55.4 Å². The molecule has 0 aromatic rings. The summed E-state index contributed by atoms with van der Waals surface area (Å²) < 4.78 is 27.1. The van der Waals surface area contributed by atoms with Crippen LogP contribution < -0.4 is 5.32 Å². The molecule has 6 heteroatoms. The monoisotopic (exact) mass is 227 g/mol. The van der Waals surface area contributed by atoms with Crippen molar-refractivity contribution in [2.24, 2.45) is 0 Å². The number of rotatable bonds is 3. The average Bonchev–Trinajstić information content (AvgIpc) is 2.03. The maximum absolute atomic E-state index is 10.9. The maximum Gasteiger partial charge on any atom is 0.235 e. The number of ether oxygens (including phenoxy) is 1. The fraction of sp³-hybridized carbons (Fsp3) is 1.00. The number of hydrogen-bond acceptors (Lipinski definition) is 4. The summed E-state index contributed by atoms with van der Waals surface area (Å²) in [4.78, 5) is 0. The summed E-state index contributed by atoms with van der Waals surface area (Å²) in [5, 5.41) is 3.10. The van der Waals surface area contributed by atoms with Crippen molar-refractivity contribution in [1.82, 2.24) is 5.32 Å². The van der Waals surface area contributed by atoms with Crippen LogP contribution in [0.5, 0.6) is 0 Å². The zero-order valence-corrected chi connectivity index (χ0v) is 9.12. The van der Waals surface area contributed by atoms with Crippen molar-refractivity contribution in [1.29, 1.82) is 0 Å². The molecule has 1 saturated heterocycles. The second kappa shape index (κ2) is 4.13. The molecule has 0 aromatic carbocycles. The van der Waals surface area contributed by atoms with Crippen LogP contribution >= 0.6 is 10.7 Å². The van der Waals surface area contributed by atoms with Gasteiger partial charge in [0.25, 0.3) is 0 Å². The van der Waals surface area contributed by atoms with Gasteiger partial charge in [-0.2, -0.15) is 0 Å². The van der Waals surface area contributed by atoms with Crippen molar-refractivity contribution >= 4 is 19.7 Å². The Morgan fingerprint density at radius 2 is 2.31 bits per heavy atom.